The number of phosphoric ester groups is 1. The molecule has 0 fully saturated rings. The third-order valence-electron chi connectivity index (χ3n) is 3.54. The molecule has 6 heteroatoms. The van der Waals surface area contributed by atoms with Crippen molar-refractivity contribution in [2.45, 2.75) is 83.5 Å². The monoisotopic (exact) mass is 386 g/mol. The summed E-state index contributed by atoms with van der Waals surface area (Å²) in [6.45, 7) is 0.166. The standard InChI is InChI=1S/C15H32BrO4P/c16-14-12-10-8-6-4-2-1-3-5-7-9-11-13-15-20-21(17,18)19/h1-15H2,(H2,17,18,19). The summed E-state index contributed by atoms with van der Waals surface area (Å²) in [6, 6.07) is 0. The number of phosphoric acid groups is 1. The van der Waals surface area contributed by atoms with Crippen molar-refractivity contribution in [2.24, 2.45) is 0 Å². The first-order valence-corrected chi connectivity index (χ1v) is 11.0. The Kier molecular flexibility index (Phi) is 15.9. The molecule has 0 aliphatic rings. The second kappa shape index (κ2) is 15.5. The summed E-state index contributed by atoms with van der Waals surface area (Å²) < 4.78 is 14.8. The van der Waals surface area contributed by atoms with Crippen molar-refractivity contribution >= 4 is 23.8 Å². The van der Waals surface area contributed by atoms with E-state index in [1.807, 2.05) is 0 Å². The number of unbranched alkanes of at least 4 members (excludes halogenated alkanes) is 12. The van der Waals surface area contributed by atoms with Crippen molar-refractivity contribution in [3.63, 3.8) is 0 Å². The molecule has 0 radical (unpaired) electrons. The molecule has 0 amide bonds. The van der Waals surface area contributed by atoms with E-state index in [-0.39, 0.29) is 6.61 Å². The first kappa shape index (κ1) is 21.6. The molecule has 0 unspecified atom stereocenters. The Morgan fingerprint density at radius 3 is 1.33 bits per heavy atom. The second-order valence-corrected chi connectivity index (χ2v) is 7.64. The lowest BCUT2D eigenvalue weighted by Gasteiger charge is -2.05. The van der Waals surface area contributed by atoms with Gasteiger partial charge in [0.2, 0.25) is 0 Å². The van der Waals surface area contributed by atoms with E-state index in [9.17, 15) is 4.57 Å². The van der Waals surface area contributed by atoms with Crippen LogP contribution in [-0.4, -0.2) is 21.7 Å². The van der Waals surface area contributed by atoms with Crippen LogP contribution < -0.4 is 0 Å². The van der Waals surface area contributed by atoms with E-state index < -0.39 is 7.82 Å². The van der Waals surface area contributed by atoms with E-state index in [4.69, 9.17) is 9.79 Å². The van der Waals surface area contributed by atoms with Crippen LogP contribution in [0.5, 0.6) is 0 Å². The molecule has 0 aromatic carbocycles. The van der Waals surface area contributed by atoms with Gasteiger partial charge < -0.3 is 9.79 Å². The molecule has 0 saturated carbocycles. The molecule has 0 saturated heterocycles. The SMILES string of the molecule is O=P(O)(O)OCCCCCCCCCCCCCCCBr. The number of alkyl halides is 1. The van der Waals surface area contributed by atoms with Gasteiger partial charge in [-0.1, -0.05) is 86.6 Å². The molecule has 0 aliphatic heterocycles. The van der Waals surface area contributed by atoms with Gasteiger partial charge in [-0.2, -0.15) is 0 Å². The van der Waals surface area contributed by atoms with Crippen molar-refractivity contribution in [3.8, 4) is 0 Å². The van der Waals surface area contributed by atoms with Crippen molar-refractivity contribution in [1.29, 1.82) is 0 Å². The summed E-state index contributed by atoms with van der Waals surface area (Å²) in [4.78, 5) is 17.0. The van der Waals surface area contributed by atoms with Crippen LogP contribution in [-0.2, 0) is 9.09 Å². The van der Waals surface area contributed by atoms with Gasteiger partial charge in [0.1, 0.15) is 0 Å². The predicted molar refractivity (Wildman–Crippen MR) is 91.8 cm³/mol. The molecule has 0 bridgehead atoms. The fraction of sp³-hybridized carbons (Fsp3) is 1.00. The molecule has 21 heavy (non-hydrogen) atoms. The Morgan fingerprint density at radius 2 is 1.00 bits per heavy atom. The average Bonchev–Trinajstić information content (AvgIpc) is 2.42. The Balaban J connectivity index is 3.01. The van der Waals surface area contributed by atoms with E-state index in [1.165, 1.54) is 64.2 Å². The van der Waals surface area contributed by atoms with Crippen molar-refractivity contribution in [1.82, 2.24) is 0 Å². The molecule has 0 heterocycles. The quantitative estimate of drug-likeness (QED) is 0.207. The molecule has 0 aromatic rings. The first-order valence-electron chi connectivity index (χ1n) is 8.32. The summed E-state index contributed by atoms with van der Waals surface area (Å²) >= 11 is 3.45. The minimum atomic E-state index is -4.25. The average molecular weight is 387 g/mol. The highest BCUT2D eigenvalue weighted by Crippen LogP contribution is 2.35. The number of hydrogen-bond donors (Lipinski definition) is 2. The van der Waals surface area contributed by atoms with Crippen LogP contribution in [0.15, 0.2) is 0 Å². The van der Waals surface area contributed by atoms with Crippen molar-refractivity contribution < 1.29 is 18.9 Å². The first-order chi connectivity index (χ1) is 10.1. The summed E-state index contributed by atoms with van der Waals surface area (Å²) in [7, 11) is -4.25. The van der Waals surface area contributed by atoms with E-state index in [2.05, 4.69) is 20.5 Å². The van der Waals surface area contributed by atoms with E-state index in [0.717, 1.165) is 24.6 Å². The fourth-order valence-electron chi connectivity index (χ4n) is 2.32. The van der Waals surface area contributed by atoms with Crippen LogP contribution in [0.2, 0.25) is 0 Å². The Bertz CT molecular complexity index is 258. The summed E-state index contributed by atoms with van der Waals surface area (Å²) in [6.07, 6.45) is 16.2. The maximum Gasteiger partial charge on any atom is 0.469 e. The summed E-state index contributed by atoms with van der Waals surface area (Å²) in [5.41, 5.74) is 0. The molecule has 4 nitrogen and oxygen atoms in total. The lowest BCUT2D eigenvalue weighted by atomic mass is 10.0. The zero-order chi connectivity index (χ0) is 15.8. The lowest BCUT2D eigenvalue weighted by molar-refractivity contribution is 0.193. The molecule has 0 rings (SSSR count). The molecule has 128 valence electrons. The molecule has 0 aliphatic carbocycles. The molecule has 2 N–H and O–H groups in total. The van der Waals surface area contributed by atoms with Crippen LogP contribution in [0, 0.1) is 0 Å². The van der Waals surface area contributed by atoms with Gasteiger partial charge in [-0.15, -0.1) is 0 Å². The number of rotatable bonds is 16. The Morgan fingerprint density at radius 1 is 0.667 bits per heavy atom. The maximum atomic E-state index is 10.4. The smallest absolute Gasteiger partial charge is 0.303 e. The van der Waals surface area contributed by atoms with Gasteiger partial charge in [-0.05, 0) is 12.8 Å². The lowest BCUT2D eigenvalue weighted by Crippen LogP contribution is -1.92. The van der Waals surface area contributed by atoms with Gasteiger partial charge in [-0.25, -0.2) is 4.57 Å². The highest BCUT2D eigenvalue weighted by atomic mass is 79.9. The fourth-order valence-corrected chi connectivity index (χ4v) is 3.09. The maximum absolute atomic E-state index is 10.4. The van der Waals surface area contributed by atoms with Crippen LogP contribution >= 0.6 is 23.8 Å². The highest BCUT2D eigenvalue weighted by molar-refractivity contribution is 9.09. The van der Waals surface area contributed by atoms with E-state index >= 15 is 0 Å². The normalized spacial score (nSPS) is 12.0. The Hall–Kier alpha value is 0.590. The predicted octanol–water partition coefficient (Wildman–Crippen LogP) is 5.56. The van der Waals surface area contributed by atoms with Gasteiger partial charge in [0, 0.05) is 5.33 Å². The second-order valence-electron chi connectivity index (χ2n) is 5.61. The van der Waals surface area contributed by atoms with E-state index in [1.54, 1.807) is 0 Å². The van der Waals surface area contributed by atoms with Gasteiger partial charge in [-0.3, -0.25) is 4.52 Å². The van der Waals surface area contributed by atoms with Crippen LogP contribution in [0.3, 0.4) is 0 Å². The third kappa shape index (κ3) is 20.6. The van der Waals surface area contributed by atoms with Crippen LogP contribution in [0.4, 0.5) is 0 Å². The molecular formula is C15H32BrO4P. The number of hydrogen-bond acceptors (Lipinski definition) is 2. The minimum Gasteiger partial charge on any atom is -0.303 e. The van der Waals surface area contributed by atoms with Crippen LogP contribution in [0.1, 0.15) is 83.5 Å². The molecular weight excluding hydrogens is 355 g/mol. The Labute approximate surface area is 138 Å². The zero-order valence-electron chi connectivity index (χ0n) is 13.1. The minimum absolute atomic E-state index is 0.166. The van der Waals surface area contributed by atoms with Gasteiger partial charge in [0.15, 0.2) is 0 Å². The molecule has 0 atom stereocenters. The summed E-state index contributed by atoms with van der Waals surface area (Å²) in [5, 5.41) is 1.14. The largest absolute Gasteiger partial charge is 0.469 e. The van der Waals surface area contributed by atoms with Crippen molar-refractivity contribution in [3.05, 3.63) is 0 Å². The van der Waals surface area contributed by atoms with Crippen molar-refractivity contribution in [2.75, 3.05) is 11.9 Å². The molecule has 0 spiro atoms. The zero-order valence-corrected chi connectivity index (χ0v) is 15.6. The van der Waals surface area contributed by atoms with E-state index in [0.29, 0.717) is 0 Å². The van der Waals surface area contributed by atoms with Gasteiger partial charge >= 0.3 is 7.82 Å². The topological polar surface area (TPSA) is 66.8 Å². The highest BCUT2D eigenvalue weighted by Gasteiger charge is 2.12. The van der Waals surface area contributed by atoms with Crippen LogP contribution in [0.25, 0.3) is 0 Å². The molecule has 0 aromatic heterocycles. The third-order valence-corrected chi connectivity index (χ3v) is 4.62. The van der Waals surface area contributed by atoms with Gasteiger partial charge in [0.05, 0.1) is 6.61 Å². The van der Waals surface area contributed by atoms with Gasteiger partial charge in [0.25, 0.3) is 0 Å². The number of halogens is 1. The summed E-state index contributed by atoms with van der Waals surface area (Å²) in [5.74, 6) is 0.